The summed E-state index contributed by atoms with van der Waals surface area (Å²) in [5.41, 5.74) is 0.462. The standard InChI is InChI=1S/C16H23FN2O2.ClH/c1-21-12-16(6-9-18-10-7-16)15(20)19-8-5-13-3-2-4-14(17)11-13;/h2-4,11,18H,5-10,12H2,1H3,(H,19,20);1H. The second-order valence-corrected chi connectivity index (χ2v) is 5.60. The zero-order valence-electron chi connectivity index (χ0n) is 12.9. The zero-order valence-corrected chi connectivity index (χ0v) is 13.7. The molecule has 2 N–H and O–H groups in total. The van der Waals surface area contributed by atoms with E-state index in [2.05, 4.69) is 10.6 Å². The summed E-state index contributed by atoms with van der Waals surface area (Å²) in [6.45, 7) is 2.63. The molecule has 1 aliphatic heterocycles. The van der Waals surface area contributed by atoms with Crippen LogP contribution in [0.4, 0.5) is 4.39 Å². The van der Waals surface area contributed by atoms with Crippen LogP contribution < -0.4 is 10.6 Å². The topological polar surface area (TPSA) is 50.4 Å². The minimum atomic E-state index is -0.429. The van der Waals surface area contributed by atoms with Crippen molar-refractivity contribution in [3.05, 3.63) is 35.6 Å². The molecule has 0 unspecified atom stereocenters. The molecular weight excluding hydrogens is 307 g/mol. The Bertz CT molecular complexity index is 473. The van der Waals surface area contributed by atoms with Gasteiger partial charge in [-0.15, -0.1) is 12.4 Å². The third-order valence-corrected chi connectivity index (χ3v) is 4.05. The molecule has 0 bridgehead atoms. The summed E-state index contributed by atoms with van der Waals surface area (Å²) in [6, 6.07) is 6.47. The normalized spacial score (nSPS) is 16.6. The molecule has 0 aromatic heterocycles. The predicted molar refractivity (Wildman–Crippen MR) is 86.8 cm³/mol. The average Bonchev–Trinajstić information content (AvgIpc) is 2.48. The Labute approximate surface area is 137 Å². The summed E-state index contributed by atoms with van der Waals surface area (Å²) in [7, 11) is 1.63. The molecule has 1 aliphatic rings. The number of ether oxygens (including phenoxy) is 1. The Morgan fingerprint density at radius 2 is 2.14 bits per heavy atom. The summed E-state index contributed by atoms with van der Waals surface area (Å²) >= 11 is 0. The van der Waals surface area contributed by atoms with Crippen molar-refractivity contribution in [2.45, 2.75) is 19.3 Å². The minimum absolute atomic E-state index is 0. The van der Waals surface area contributed by atoms with Gasteiger partial charge in [0.25, 0.3) is 0 Å². The van der Waals surface area contributed by atoms with Gasteiger partial charge in [-0.1, -0.05) is 12.1 Å². The number of benzene rings is 1. The number of piperidine rings is 1. The molecule has 0 aliphatic carbocycles. The lowest BCUT2D eigenvalue weighted by atomic mass is 9.78. The van der Waals surface area contributed by atoms with Crippen LogP contribution >= 0.6 is 12.4 Å². The summed E-state index contributed by atoms with van der Waals surface area (Å²) in [6.07, 6.45) is 2.20. The first-order chi connectivity index (χ1) is 10.2. The van der Waals surface area contributed by atoms with E-state index >= 15 is 0 Å². The van der Waals surface area contributed by atoms with Gasteiger partial charge in [-0.3, -0.25) is 4.79 Å². The van der Waals surface area contributed by atoms with E-state index in [-0.39, 0.29) is 24.1 Å². The largest absolute Gasteiger partial charge is 0.384 e. The molecule has 0 radical (unpaired) electrons. The van der Waals surface area contributed by atoms with E-state index < -0.39 is 5.41 Å². The molecule has 0 spiro atoms. The van der Waals surface area contributed by atoms with E-state index in [0.29, 0.717) is 19.6 Å². The molecule has 1 heterocycles. The van der Waals surface area contributed by atoms with Crippen molar-refractivity contribution in [3.8, 4) is 0 Å². The van der Waals surface area contributed by atoms with Crippen LogP contribution in [0.1, 0.15) is 18.4 Å². The molecule has 4 nitrogen and oxygen atoms in total. The van der Waals surface area contributed by atoms with Gasteiger partial charge in [-0.2, -0.15) is 0 Å². The van der Waals surface area contributed by atoms with Gasteiger partial charge in [0.1, 0.15) is 5.82 Å². The van der Waals surface area contributed by atoms with Crippen molar-refractivity contribution in [1.82, 2.24) is 10.6 Å². The second-order valence-electron chi connectivity index (χ2n) is 5.60. The van der Waals surface area contributed by atoms with E-state index in [1.807, 2.05) is 6.07 Å². The average molecular weight is 331 g/mol. The number of hydrogen-bond donors (Lipinski definition) is 2. The monoisotopic (exact) mass is 330 g/mol. The maximum atomic E-state index is 13.1. The molecule has 1 saturated heterocycles. The summed E-state index contributed by atoms with van der Waals surface area (Å²) in [5.74, 6) is -0.199. The molecular formula is C16H24ClFN2O2. The lowest BCUT2D eigenvalue weighted by Crippen LogP contribution is -2.50. The number of nitrogens with one attached hydrogen (secondary N) is 2. The molecule has 6 heteroatoms. The Morgan fingerprint density at radius 3 is 2.77 bits per heavy atom. The Hall–Kier alpha value is -1.17. The van der Waals surface area contributed by atoms with E-state index in [0.717, 1.165) is 31.5 Å². The molecule has 124 valence electrons. The quantitative estimate of drug-likeness (QED) is 0.838. The van der Waals surface area contributed by atoms with Crippen LogP contribution in [-0.2, 0) is 16.0 Å². The number of rotatable bonds is 6. The van der Waals surface area contributed by atoms with Gasteiger partial charge in [0.05, 0.1) is 12.0 Å². The third-order valence-electron chi connectivity index (χ3n) is 4.05. The lowest BCUT2D eigenvalue weighted by Gasteiger charge is -2.35. The van der Waals surface area contributed by atoms with Gasteiger partial charge in [0, 0.05) is 13.7 Å². The van der Waals surface area contributed by atoms with E-state index in [1.165, 1.54) is 12.1 Å². The van der Waals surface area contributed by atoms with Gasteiger partial charge < -0.3 is 15.4 Å². The SMILES string of the molecule is COCC1(C(=O)NCCc2cccc(F)c2)CCNCC1.Cl. The van der Waals surface area contributed by atoms with Crippen LogP contribution in [0, 0.1) is 11.2 Å². The van der Waals surface area contributed by atoms with Crippen molar-refractivity contribution in [1.29, 1.82) is 0 Å². The number of methoxy groups -OCH3 is 1. The van der Waals surface area contributed by atoms with E-state index in [4.69, 9.17) is 4.74 Å². The Morgan fingerprint density at radius 1 is 1.41 bits per heavy atom. The van der Waals surface area contributed by atoms with Crippen molar-refractivity contribution in [2.75, 3.05) is 33.4 Å². The van der Waals surface area contributed by atoms with Crippen LogP contribution in [0.25, 0.3) is 0 Å². The second kappa shape index (κ2) is 9.08. The first-order valence-electron chi connectivity index (χ1n) is 7.39. The smallest absolute Gasteiger partial charge is 0.228 e. The predicted octanol–water partition coefficient (Wildman–Crippen LogP) is 1.92. The maximum Gasteiger partial charge on any atom is 0.228 e. The van der Waals surface area contributed by atoms with Crippen molar-refractivity contribution >= 4 is 18.3 Å². The third kappa shape index (κ3) is 4.93. The van der Waals surface area contributed by atoms with Gasteiger partial charge >= 0.3 is 0 Å². The molecule has 1 aromatic carbocycles. The molecule has 0 atom stereocenters. The first-order valence-corrected chi connectivity index (χ1v) is 7.39. The van der Waals surface area contributed by atoms with E-state index in [9.17, 15) is 9.18 Å². The summed E-state index contributed by atoms with van der Waals surface area (Å²) < 4.78 is 18.3. The number of hydrogen-bond acceptors (Lipinski definition) is 3. The zero-order chi connectivity index (χ0) is 15.1. The van der Waals surface area contributed by atoms with Crippen molar-refractivity contribution in [3.63, 3.8) is 0 Å². The number of halogens is 2. The molecule has 22 heavy (non-hydrogen) atoms. The fraction of sp³-hybridized carbons (Fsp3) is 0.562. The first kappa shape index (κ1) is 18.9. The maximum absolute atomic E-state index is 13.1. The van der Waals surface area contributed by atoms with Gasteiger partial charge in [0.2, 0.25) is 5.91 Å². The highest BCUT2D eigenvalue weighted by Crippen LogP contribution is 2.29. The fourth-order valence-corrected chi connectivity index (χ4v) is 2.82. The van der Waals surface area contributed by atoms with Crippen LogP contribution in [0.15, 0.2) is 24.3 Å². The summed E-state index contributed by atoms with van der Waals surface area (Å²) in [5, 5.41) is 6.24. The number of carbonyl (C=O) groups is 1. The van der Waals surface area contributed by atoms with Crippen molar-refractivity contribution in [2.24, 2.45) is 5.41 Å². The lowest BCUT2D eigenvalue weighted by molar-refractivity contribution is -0.136. The molecule has 1 aromatic rings. The molecule has 1 fully saturated rings. The minimum Gasteiger partial charge on any atom is -0.384 e. The fourth-order valence-electron chi connectivity index (χ4n) is 2.82. The van der Waals surface area contributed by atoms with Gasteiger partial charge in [-0.25, -0.2) is 4.39 Å². The van der Waals surface area contributed by atoms with Gasteiger partial charge in [-0.05, 0) is 50.0 Å². The Kier molecular flexibility index (Phi) is 7.79. The molecule has 1 amide bonds. The Balaban J connectivity index is 0.00000242. The number of carbonyl (C=O) groups excluding carboxylic acids is 1. The summed E-state index contributed by atoms with van der Waals surface area (Å²) in [4.78, 5) is 12.5. The van der Waals surface area contributed by atoms with Gasteiger partial charge in [0.15, 0.2) is 0 Å². The highest BCUT2D eigenvalue weighted by molar-refractivity contribution is 5.85. The van der Waals surface area contributed by atoms with Crippen LogP contribution in [0.3, 0.4) is 0 Å². The van der Waals surface area contributed by atoms with Crippen LogP contribution in [0.5, 0.6) is 0 Å². The number of amides is 1. The van der Waals surface area contributed by atoms with Crippen LogP contribution in [-0.4, -0.2) is 39.3 Å². The van der Waals surface area contributed by atoms with E-state index in [1.54, 1.807) is 13.2 Å². The molecule has 2 rings (SSSR count). The van der Waals surface area contributed by atoms with Crippen LogP contribution in [0.2, 0.25) is 0 Å². The highest BCUT2D eigenvalue weighted by Gasteiger charge is 2.39. The highest BCUT2D eigenvalue weighted by atomic mass is 35.5. The van der Waals surface area contributed by atoms with Crippen molar-refractivity contribution < 1.29 is 13.9 Å². The molecule has 0 saturated carbocycles.